The Morgan fingerprint density at radius 2 is 1.48 bits per heavy atom. The van der Waals surface area contributed by atoms with Gasteiger partial charge in [0.2, 0.25) is 15.2 Å². The molecule has 9 heteroatoms. The van der Waals surface area contributed by atoms with Crippen LogP contribution in [0.4, 0.5) is 0 Å². The zero-order chi connectivity index (χ0) is 21.9. The summed E-state index contributed by atoms with van der Waals surface area (Å²) < 4.78 is 25.3. The first-order chi connectivity index (χ1) is 11.7. The fraction of sp³-hybridized carbons (Fsp3) is 0.833. The predicted octanol–water partition coefficient (Wildman–Crippen LogP) is 4.57. The first-order valence-electron chi connectivity index (χ1n) is 9.62. The lowest BCUT2D eigenvalue weighted by Crippen LogP contribution is -2.62. The number of carbonyl (C=O) groups excluding carboxylic acids is 1. The van der Waals surface area contributed by atoms with Crippen LogP contribution in [0.15, 0.2) is 12.7 Å². The van der Waals surface area contributed by atoms with Crippen LogP contribution in [0.2, 0.25) is 57.4 Å². The van der Waals surface area contributed by atoms with Gasteiger partial charge in [-0.15, -0.1) is 0 Å². The van der Waals surface area contributed by atoms with Crippen molar-refractivity contribution in [3.8, 4) is 0 Å². The van der Waals surface area contributed by atoms with Crippen molar-refractivity contribution in [1.29, 1.82) is 0 Å². The summed E-state index contributed by atoms with van der Waals surface area (Å²) in [7, 11) is -7.39. The lowest BCUT2D eigenvalue weighted by Gasteiger charge is -2.46. The molecule has 0 aliphatic rings. The lowest BCUT2D eigenvalue weighted by molar-refractivity contribution is -0.192. The van der Waals surface area contributed by atoms with Crippen molar-refractivity contribution >= 4 is 40.7 Å². The van der Waals surface area contributed by atoms with Gasteiger partial charge in [-0.05, 0) is 64.3 Å². The van der Waals surface area contributed by atoms with Gasteiger partial charge >= 0.3 is 5.97 Å². The third-order valence-corrected chi connectivity index (χ3v) is 15.2. The van der Waals surface area contributed by atoms with Crippen molar-refractivity contribution in [3.63, 3.8) is 0 Å². The molecule has 0 aromatic heterocycles. The third-order valence-electron chi connectivity index (χ3n) is 4.51. The predicted molar refractivity (Wildman–Crippen MR) is 124 cm³/mol. The van der Waals surface area contributed by atoms with Crippen molar-refractivity contribution in [3.05, 3.63) is 12.7 Å². The minimum atomic E-state index is -2.06. The Kier molecular flexibility index (Phi) is 9.17. The van der Waals surface area contributed by atoms with Crippen molar-refractivity contribution in [1.82, 2.24) is 0 Å². The average molecular weight is 451 g/mol. The summed E-state index contributed by atoms with van der Waals surface area (Å²) in [6.07, 6.45) is 0.792. The standard InChI is InChI=1S/C18H42O5Si4/c1-14-16(19)20-18(22-26(9,10)11,15(2)21-25(6,7)8)24-23-27(12,13)17(3,4)5/h14-15H,1,24H2,2-13H3. The Bertz CT molecular complexity index is 517. The van der Waals surface area contributed by atoms with E-state index < -0.39 is 52.2 Å². The second-order valence-corrected chi connectivity index (χ2v) is 26.4. The van der Waals surface area contributed by atoms with Crippen LogP contribution < -0.4 is 0 Å². The maximum atomic E-state index is 12.2. The van der Waals surface area contributed by atoms with Gasteiger partial charge in [0.1, 0.15) is 6.10 Å². The second-order valence-electron chi connectivity index (χ2n) is 10.6. The molecule has 0 aromatic carbocycles. The van der Waals surface area contributed by atoms with Gasteiger partial charge in [0.05, 0.1) is 0 Å². The molecule has 0 saturated carbocycles. The van der Waals surface area contributed by atoms with Gasteiger partial charge in [0, 0.05) is 6.08 Å². The van der Waals surface area contributed by atoms with E-state index in [2.05, 4.69) is 79.7 Å². The zero-order valence-corrected chi connectivity index (χ0v) is 24.0. The van der Waals surface area contributed by atoms with E-state index in [9.17, 15) is 4.79 Å². The van der Waals surface area contributed by atoms with Gasteiger partial charge < -0.3 is 17.7 Å². The Morgan fingerprint density at radius 1 is 1.00 bits per heavy atom. The molecule has 0 spiro atoms. The molecule has 5 nitrogen and oxygen atoms in total. The summed E-state index contributed by atoms with van der Waals surface area (Å²) in [6, 6.07) is 0. The van der Waals surface area contributed by atoms with E-state index in [-0.39, 0.29) is 5.04 Å². The highest BCUT2D eigenvalue weighted by atomic mass is 28.4. The van der Waals surface area contributed by atoms with Crippen LogP contribution in [-0.4, -0.2) is 52.2 Å². The van der Waals surface area contributed by atoms with Crippen molar-refractivity contribution < 1.29 is 22.5 Å². The molecule has 0 saturated heterocycles. The molecular weight excluding hydrogens is 409 g/mol. The maximum Gasteiger partial charge on any atom is 0.332 e. The Balaban J connectivity index is 6.03. The van der Waals surface area contributed by atoms with Gasteiger partial charge in [-0.2, -0.15) is 0 Å². The van der Waals surface area contributed by atoms with Crippen LogP contribution in [0.25, 0.3) is 0 Å². The summed E-state index contributed by atoms with van der Waals surface area (Å²) in [4.78, 5) is 12.2. The summed E-state index contributed by atoms with van der Waals surface area (Å²) in [5, 5.41) is 0.0657. The first kappa shape index (κ1) is 27.0. The highest BCUT2D eigenvalue weighted by Gasteiger charge is 2.49. The number of hydrogen-bond donors (Lipinski definition) is 0. The highest BCUT2D eigenvalue weighted by molar-refractivity contribution is 6.78. The summed E-state index contributed by atoms with van der Waals surface area (Å²) in [5.74, 6) is -0.495. The van der Waals surface area contributed by atoms with Gasteiger partial charge in [-0.1, -0.05) is 27.4 Å². The van der Waals surface area contributed by atoms with Gasteiger partial charge in [-0.3, -0.25) is 0 Å². The molecule has 0 aliphatic heterocycles. The van der Waals surface area contributed by atoms with Crippen LogP contribution in [0.1, 0.15) is 27.7 Å². The fourth-order valence-electron chi connectivity index (χ4n) is 2.21. The zero-order valence-electron chi connectivity index (χ0n) is 19.6. The quantitative estimate of drug-likeness (QED) is 0.211. The van der Waals surface area contributed by atoms with Crippen LogP contribution in [0, 0.1) is 0 Å². The van der Waals surface area contributed by atoms with E-state index in [0.717, 1.165) is 0 Å². The first-order valence-corrected chi connectivity index (χ1v) is 20.6. The topological polar surface area (TPSA) is 54.0 Å². The Labute approximate surface area is 172 Å². The number of ether oxygens (including phenoxy) is 1. The van der Waals surface area contributed by atoms with Crippen LogP contribution in [0.5, 0.6) is 0 Å². The van der Waals surface area contributed by atoms with Crippen LogP contribution in [0.3, 0.4) is 0 Å². The normalized spacial score (nSPS) is 17.6. The molecule has 0 N–H and O–H groups in total. The van der Waals surface area contributed by atoms with Crippen LogP contribution in [-0.2, 0) is 22.5 Å². The minimum absolute atomic E-state index is 0.0657. The molecule has 0 bridgehead atoms. The van der Waals surface area contributed by atoms with Gasteiger partial charge in [-0.25, -0.2) is 4.79 Å². The molecule has 2 atom stereocenters. The smallest absolute Gasteiger partial charge is 0.332 e. The Morgan fingerprint density at radius 3 is 1.81 bits per heavy atom. The minimum Gasteiger partial charge on any atom is -0.455 e. The average Bonchev–Trinajstić information content (AvgIpc) is 2.39. The summed E-state index contributed by atoms with van der Waals surface area (Å²) >= 11 is 0. The number of hydrogen-bond acceptors (Lipinski definition) is 5. The number of esters is 1. The number of carbonyl (C=O) groups is 1. The molecule has 0 heterocycles. The lowest BCUT2D eigenvalue weighted by atomic mass is 10.2. The molecule has 160 valence electrons. The van der Waals surface area contributed by atoms with E-state index >= 15 is 0 Å². The van der Waals surface area contributed by atoms with E-state index in [1.54, 1.807) is 0 Å². The third kappa shape index (κ3) is 9.33. The highest BCUT2D eigenvalue weighted by Crippen LogP contribution is 2.38. The SMILES string of the molecule is C=CC(=O)OC(O[Si](C)(C)C)([SiH2]O[Si](C)(C)C(C)(C)C)C(C)O[Si](C)(C)C. The molecule has 0 aromatic rings. The molecule has 0 rings (SSSR count). The van der Waals surface area contributed by atoms with Crippen LogP contribution >= 0.6 is 0 Å². The Hall–Kier alpha value is -0.0425. The molecule has 0 aliphatic carbocycles. The fourth-order valence-corrected chi connectivity index (χ4v) is 10.9. The van der Waals surface area contributed by atoms with E-state index in [0.29, 0.717) is 0 Å². The van der Waals surface area contributed by atoms with Gasteiger partial charge in [0.15, 0.2) is 25.0 Å². The van der Waals surface area contributed by atoms with Crippen molar-refractivity contribution in [2.45, 2.75) is 96.6 Å². The molecular formula is C18H42O5Si4. The molecule has 0 radical (unpaired) electrons. The summed E-state index contributed by atoms with van der Waals surface area (Å²) in [5.41, 5.74) is -1.15. The second kappa shape index (κ2) is 9.18. The molecule has 27 heavy (non-hydrogen) atoms. The maximum absolute atomic E-state index is 12.2. The van der Waals surface area contributed by atoms with Crippen molar-refractivity contribution in [2.75, 3.05) is 0 Å². The monoisotopic (exact) mass is 450 g/mol. The van der Waals surface area contributed by atoms with E-state index in [4.69, 9.17) is 17.7 Å². The summed E-state index contributed by atoms with van der Waals surface area (Å²) in [6.45, 7) is 29.1. The van der Waals surface area contributed by atoms with E-state index in [1.165, 1.54) is 6.08 Å². The van der Waals surface area contributed by atoms with Gasteiger partial charge in [0.25, 0.3) is 0 Å². The largest absolute Gasteiger partial charge is 0.455 e. The molecule has 0 fully saturated rings. The van der Waals surface area contributed by atoms with Crippen molar-refractivity contribution in [2.24, 2.45) is 0 Å². The van der Waals surface area contributed by atoms with E-state index in [1.807, 2.05) is 6.92 Å². The molecule has 2 unspecified atom stereocenters. The number of rotatable bonds is 10. The molecule has 0 amide bonds.